The van der Waals surface area contributed by atoms with Gasteiger partial charge in [0.1, 0.15) is 6.61 Å². The van der Waals surface area contributed by atoms with Crippen molar-refractivity contribution in [2.75, 3.05) is 31.6 Å². The minimum atomic E-state index is -0.533. The topological polar surface area (TPSA) is 106 Å². The van der Waals surface area contributed by atoms with Crippen LogP contribution in [-0.2, 0) is 9.53 Å². The molecule has 1 heterocycles. The lowest BCUT2D eigenvalue weighted by Crippen LogP contribution is -2.29. The van der Waals surface area contributed by atoms with E-state index in [2.05, 4.69) is 15.6 Å². The van der Waals surface area contributed by atoms with Crippen LogP contribution in [0.1, 0.15) is 23.7 Å². The first-order valence-electron chi connectivity index (χ1n) is 6.47. The Bertz CT molecular complexity index is 451. The van der Waals surface area contributed by atoms with Crippen molar-refractivity contribution in [1.82, 2.24) is 10.3 Å². The Balaban J connectivity index is 2.44. The number of amides is 2. The van der Waals surface area contributed by atoms with Crippen LogP contribution in [-0.4, -0.2) is 43.1 Å². The normalized spacial score (nSPS) is 10.1. The first kappa shape index (κ1) is 15.9. The molecule has 110 valence electrons. The van der Waals surface area contributed by atoms with Crippen LogP contribution >= 0.6 is 0 Å². The minimum absolute atomic E-state index is 0.147. The summed E-state index contributed by atoms with van der Waals surface area (Å²) in [6.07, 6.45) is 4.10. The molecule has 0 aliphatic carbocycles. The number of nitrogens with one attached hydrogen (secondary N) is 2. The van der Waals surface area contributed by atoms with Gasteiger partial charge in [-0.25, -0.2) is 0 Å². The fraction of sp³-hybridized carbons (Fsp3) is 0.462. The monoisotopic (exact) mass is 280 g/mol. The molecule has 20 heavy (non-hydrogen) atoms. The van der Waals surface area contributed by atoms with E-state index in [9.17, 15) is 9.59 Å². The number of carbonyl (C=O) groups excluding carboxylic acids is 2. The average Bonchev–Trinajstić information content (AvgIpc) is 2.44. The van der Waals surface area contributed by atoms with Gasteiger partial charge in [0.25, 0.3) is 5.91 Å². The number of rotatable bonds is 9. The standard InChI is InChI=1S/C13H20N4O3/c1-2-4-16-11-3-5-15-8-10(11)13(19)17-6-7-20-9-12(14)18/h3,5,8H,2,4,6-7,9H2,1H3,(H2,14,18)(H,15,16)(H,17,19). The Morgan fingerprint density at radius 2 is 2.20 bits per heavy atom. The van der Waals surface area contributed by atoms with Crippen LogP contribution in [0, 0.1) is 0 Å². The van der Waals surface area contributed by atoms with Crippen molar-refractivity contribution < 1.29 is 14.3 Å². The molecule has 7 heteroatoms. The molecule has 0 saturated carbocycles. The van der Waals surface area contributed by atoms with Crippen LogP contribution < -0.4 is 16.4 Å². The molecule has 0 spiro atoms. The maximum Gasteiger partial charge on any atom is 0.255 e. The largest absolute Gasteiger partial charge is 0.384 e. The van der Waals surface area contributed by atoms with Crippen molar-refractivity contribution in [2.45, 2.75) is 13.3 Å². The Morgan fingerprint density at radius 1 is 1.40 bits per heavy atom. The number of nitrogens with two attached hydrogens (primary N) is 1. The number of pyridine rings is 1. The number of hydrogen-bond acceptors (Lipinski definition) is 5. The van der Waals surface area contributed by atoms with E-state index in [4.69, 9.17) is 10.5 Å². The van der Waals surface area contributed by atoms with Gasteiger partial charge in [0.2, 0.25) is 5.91 Å². The predicted molar refractivity (Wildman–Crippen MR) is 75.4 cm³/mol. The molecule has 0 radical (unpaired) electrons. The van der Waals surface area contributed by atoms with Crippen LogP contribution in [0.15, 0.2) is 18.5 Å². The van der Waals surface area contributed by atoms with Gasteiger partial charge in [-0.05, 0) is 12.5 Å². The molecule has 0 bridgehead atoms. The van der Waals surface area contributed by atoms with Gasteiger partial charge in [-0.3, -0.25) is 14.6 Å². The number of primary amides is 1. The van der Waals surface area contributed by atoms with Gasteiger partial charge in [0.15, 0.2) is 0 Å². The average molecular weight is 280 g/mol. The number of nitrogens with zero attached hydrogens (tertiary/aromatic N) is 1. The summed E-state index contributed by atoms with van der Waals surface area (Å²) in [7, 11) is 0. The molecule has 1 aromatic rings. The van der Waals surface area contributed by atoms with Crippen molar-refractivity contribution in [3.05, 3.63) is 24.0 Å². The third-order valence-electron chi connectivity index (χ3n) is 2.41. The Morgan fingerprint density at radius 3 is 2.90 bits per heavy atom. The van der Waals surface area contributed by atoms with Crippen LogP contribution in [0.25, 0.3) is 0 Å². The number of ether oxygens (including phenoxy) is 1. The molecular formula is C13H20N4O3. The maximum atomic E-state index is 12.0. The van der Waals surface area contributed by atoms with Gasteiger partial charge >= 0.3 is 0 Å². The van der Waals surface area contributed by atoms with Crippen LogP contribution in [0.5, 0.6) is 0 Å². The van der Waals surface area contributed by atoms with E-state index in [1.807, 2.05) is 6.92 Å². The highest BCUT2D eigenvalue weighted by Gasteiger charge is 2.10. The van der Waals surface area contributed by atoms with E-state index < -0.39 is 5.91 Å². The highest BCUT2D eigenvalue weighted by atomic mass is 16.5. The molecule has 0 fully saturated rings. The van der Waals surface area contributed by atoms with E-state index in [1.54, 1.807) is 12.3 Å². The molecule has 1 aromatic heterocycles. The second kappa shape index (κ2) is 8.87. The SMILES string of the molecule is CCCNc1ccncc1C(=O)NCCOCC(N)=O. The van der Waals surface area contributed by atoms with Gasteiger partial charge in [-0.15, -0.1) is 0 Å². The van der Waals surface area contributed by atoms with Crippen molar-refractivity contribution in [3.8, 4) is 0 Å². The van der Waals surface area contributed by atoms with Gasteiger partial charge in [-0.1, -0.05) is 6.92 Å². The van der Waals surface area contributed by atoms with Crippen LogP contribution in [0.4, 0.5) is 5.69 Å². The Hall–Kier alpha value is -2.15. The fourth-order valence-electron chi connectivity index (χ4n) is 1.49. The van der Waals surface area contributed by atoms with E-state index in [0.29, 0.717) is 12.1 Å². The van der Waals surface area contributed by atoms with Gasteiger partial charge in [0.05, 0.1) is 17.9 Å². The molecule has 0 saturated heterocycles. The fourth-order valence-corrected chi connectivity index (χ4v) is 1.49. The Labute approximate surface area is 117 Å². The highest BCUT2D eigenvalue weighted by molar-refractivity contribution is 5.99. The Kier molecular flexibility index (Phi) is 7.05. The lowest BCUT2D eigenvalue weighted by Gasteiger charge is -2.11. The molecule has 2 amide bonds. The molecule has 7 nitrogen and oxygen atoms in total. The second-order valence-electron chi connectivity index (χ2n) is 4.12. The third-order valence-corrected chi connectivity index (χ3v) is 2.41. The molecule has 0 unspecified atom stereocenters. The summed E-state index contributed by atoms with van der Waals surface area (Å²) in [4.78, 5) is 26.4. The molecule has 1 rings (SSSR count). The number of anilines is 1. The number of aromatic nitrogens is 1. The summed E-state index contributed by atoms with van der Waals surface area (Å²) in [6, 6.07) is 1.76. The zero-order valence-corrected chi connectivity index (χ0v) is 11.5. The summed E-state index contributed by atoms with van der Waals surface area (Å²) >= 11 is 0. The van der Waals surface area contributed by atoms with Crippen molar-refractivity contribution in [1.29, 1.82) is 0 Å². The smallest absolute Gasteiger partial charge is 0.255 e. The maximum absolute atomic E-state index is 12.0. The van der Waals surface area contributed by atoms with Crippen molar-refractivity contribution in [3.63, 3.8) is 0 Å². The third kappa shape index (κ3) is 5.66. The van der Waals surface area contributed by atoms with Gasteiger partial charge in [-0.2, -0.15) is 0 Å². The molecule has 0 atom stereocenters. The summed E-state index contributed by atoms with van der Waals surface area (Å²) in [5.74, 6) is -0.769. The first-order chi connectivity index (χ1) is 9.65. The molecule has 0 aromatic carbocycles. The zero-order valence-electron chi connectivity index (χ0n) is 11.5. The van der Waals surface area contributed by atoms with E-state index in [1.165, 1.54) is 6.20 Å². The van der Waals surface area contributed by atoms with Crippen LogP contribution in [0.2, 0.25) is 0 Å². The molecule has 4 N–H and O–H groups in total. The number of hydrogen-bond donors (Lipinski definition) is 3. The van der Waals surface area contributed by atoms with Gasteiger partial charge in [0, 0.05) is 25.5 Å². The quantitative estimate of drug-likeness (QED) is 0.558. The summed E-state index contributed by atoms with van der Waals surface area (Å²) in [6.45, 7) is 3.21. The summed E-state index contributed by atoms with van der Waals surface area (Å²) in [5.41, 5.74) is 6.15. The molecule has 0 aliphatic heterocycles. The molecule has 0 aliphatic rings. The van der Waals surface area contributed by atoms with Crippen molar-refractivity contribution in [2.24, 2.45) is 5.73 Å². The van der Waals surface area contributed by atoms with E-state index >= 15 is 0 Å². The van der Waals surface area contributed by atoms with Gasteiger partial charge < -0.3 is 21.1 Å². The van der Waals surface area contributed by atoms with E-state index in [0.717, 1.165) is 18.7 Å². The predicted octanol–water partition coefficient (Wildman–Crippen LogP) is 0.135. The molecular weight excluding hydrogens is 260 g/mol. The lowest BCUT2D eigenvalue weighted by molar-refractivity contribution is -0.122. The highest BCUT2D eigenvalue weighted by Crippen LogP contribution is 2.13. The second-order valence-corrected chi connectivity index (χ2v) is 4.12. The van der Waals surface area contributed by atoms with Crippen LogP contribution in [0.3, 0.4) is 0 Å². The van der Waals surface area contributed by atoms with E-state index in [-0.39, 0.29) is 19.1 Å². The summed E-state index contributed by atoms with van der Waals surface area (Å²) < 4.78 is 4.96. The number of carbonyl (C=O) groups is 2. The zero-order chi connectivity index (χ0) is 14.8. The summed E-state index contributed by atoms with van der Waals surface area (Å²) in [5, 5.41) is 5.86. The minimum Gasteiger partial charge on any atom is -0.384 e. The van der Waals surface area contributed by atoms with Crippen molar-refractivity contribution >= 4 is 17.5 Å². The lowest BCUT2D eigenvalue weighted by atomic mass is 10.2. The first-order valence-corrected chi connectivity index (χ1v) is 6.47.